The summed E-state index contributed by atoms with van der Waals surface area (Å²) < 4.78 is 11.3. The van der Waals surface area contributed by atoms with Gasteiger partial charge in [0.2, 0.25) is 0 Å². The van der Waals surface area contributed by atoms with Gasteiger partial charge >= 0.3 is 12.1 Å². The number of benzene rings is 2. The maximum Gasteiger partial charge on any atom is 0.407 e. The second kappa shape index (κ2) is 9.46. The Bertz CT molecular complexity index is 1050. The van der Waals surface area contributed by atoms with Crippen LogP contribution in [0.25, 0.3) is 11.1 Å². The molecule has 2 aromatic carbocycles. The van der Waals surface area contributed by atoms with Gasteiger partial charge in [0.15, 0.2) is 6.10 Å². The fraction of sp³-hybridized carbons (Fsp3) is 0.423. The van der Waals surface area contributed by atoms with Crippen LogP contribution in [0.2, 0.25) is 0 Å². The maximum absolute atomic E-state index is 13.1. The Labute approximate surface area is 197 Å². The molecule has 8 nitrogen and oxygen atoms in total. The lowest BCUT2D eigenvalue weighted by atomic mass is 9.98. The van der Waals surface area contributed by atoms with Crippen molar-refractivity contribution in [2.75, 3.05) is 19.8 Å². The first kappa shape index (κ1) is 22.4. The fourth-order valence-corrected chi connectivity index (χ4v) is 5.01. The summed E-state index contributed by atoms with van der Waals surface area (Å²) in [4.78, 5) is 38.4. The number of nitrogens with one attached hydrogen (secondary N) is 1. The second-order valence-electron chi connectivity index (χ2n) is 9.06. The summed E-state index contributed by atoms with van der Waals surface area (Å²) in [6, 6.07) is 15.8. The molecule has 0 spiro atoms. The van der Waals surface area contributed by atoms with Crippen molar-refractivity contribution in [3.05, 3.63) is 59.7 Å². The summed E-state index contributed by atoms with van der Waals surface area (Å²) in [6.07, 6.45) is 0.705. The van der Waals surface area contributed by atoms with Crippen LogP contribution in [0, 0.1) is 0 Å². The van der Waals surface area contributed by atoms with Crippen molar-refractivity contribution in [1.29, 1.82) is 0 Å². The third kappa shape index (κ3) is 4.50. The van der Waals surface area contributed by atoms with Gasteiger partial charge < -0.3 is 24.8 Å². The molecule has 3 aliphatic rings. The molecule has 2 N–H and O–H groups in total. The lowest BCUT2D eigenvalue weighted by Gasteiger charge is -2.27. The minimum absolute atomic E-state index is 0.0446. The van der Waals surface area contributed by atoms with Crippen LogP contribution < -0.4 is 5.32 Å². The van der Waals surface area contributed by atoms with E-state index >= 15 is 0 Å². The summed E-state index contributed by atoms with van der Waals surface area (Å²) in [7, 11) is 0. The number of amides is 2. The molecule has 2 amide bonds. The molecule has 2 aromatic rings. The van der Waals surface area contributed by atoms with Gasteiger partial charge in [-0.2, -0.15) is 0 Å². The van der Waals surface area contributed by atoms with E-state index in [1.54, 1.807) is 4.90 Å². The van der Waals surface area contributed by atoms with E-state index in [2.05, 4.69) is 29.6 Å². The van der Waals surface area contributed by atoms with Gasteiger partial charge in [-0.15, -0.1) is 0 Å². The SMILES string of the molecule is O=C(O)CCN(C(=O)C1OCCC1NC(=O)OCC1c2ccccc2-c2ccccc21)C1CC1. The van der Waals surface area contributed by atoms with Gasteiger partial charge in [0.05, 0.1) is 12.5 Å². The van der Waals surface area contributed by atoms with Gasteiger partial charge in [-0.25, -0.2) is 4.79 Å². The molecule has 1 saturated carbocycles. The van der Waals surface area contributed by atoms with Gasteiger partial charge in [0.1, 0.15) is 6.61 Å². The van der Waals surface area contributed by atoms with Crippen molar-refractivity contribution in [2.45, 2.75) is 49.8 Å². The topological polar surface area (TPSA) is 105 Å². The molecular formula is C26H28N2O6. The highest BCUT2D eigenvalue weighted by atomic mass is 16.6. The van der Waals surface area contributed by atoms with Gasteiger partial charge in [-0.1, -0.05) is 48.5 Å². The van der Waals surface area contributed by atoms with Crippen molar-refractivity contribution in [1.82, 2.24) is 10.2 Å². The smallest absolute Gasteiger partial charge is 0.407 e. The zero-order valence-corrected chi connectivity index (χ0v) is 18.8. The predicted molar refractivity (Wildman–Crippen MR) is 123 cm³/mol. The van der Waals surface area contributed by atoms with Crippen LogP contribution in [0.15, 0.2) is 48.5 Å². The molecule has 1 aliphatic heterocycles. The first-order valence-corrected chi connectivity index (χ1v) is 11.8. The van der Waals surface area contributed by atoms with E-state index in [1.807, 2.05) is 24.3 Å². The van der Waals surface area contributed by atoms with E-state index in [4.69, 9.17) is 14.6 Å². The van der Waals surface area contributed by atoms with E-state index in [9.17, 15) is 14.4 Å². The van der Waals surface area contributed by atoms with E-state index in [0.717, 1.165) is 35.1 Å². The molecule has 2 unspecified atom stereocenters. The molecular weight excluding hydrogens is 436 g/mol. The number of carbonyl (C=O) groups excluding carboxylic acids is 2. The summed E-state index contributed by atoms with van der Waals surface area (Å²) in [5.41, 5.74) is 4.58. The average molecular weight is 465 g/mol. The molecule has 178 valence electrons. The van der Waals surface area contributed by atoms with Crippen molar-refractivity contribution >= 4 is 18.0 Å². The molecule has 1 saturated heterocycles. The Morgan fingerprint density at radius 1 is 1.00 bits per heavy atom. The van der Waals surface area contributed by atoms with Gasteiger partial charge in [0.25, 0.3) is 5.91 Å². The molecule has 2 fully saturated rings. The van der Waals surface area contributed by atoms with E-state index in [0.29, 0.717) is 13.0 Å². The minimum atomic E-state index is -0.945. The third-order valence-corrected chi connectivity index (χ3v) is 6.82. The van der Waals surface area contributed by atoms with Crippen molar-refractivity contribution in [3.63, 3.8) is 0 Å². The van der Waals surface area contributed by atoms with Crippen LogP contribution in [0.5, 0.6) is 0 Å². The number of carboxylic acids is 1. The number of carboxylic acid groups (broad SMARTS) is 1. The fourth-order valence-electron chi connectivity index (χ4n) is 5.01. The quantitative estimate of drug-likeness (QED) is 0.622. The summed E-state index contributed by atoms with van der Waals surface area (Å²) in [5, 5.41) is 11.8. The monoisotopic (exact) mass is 464 g/mol. The standard InChI is InChI=1S/C26H28N2O6/c29-23(30)11-13-28(16-9-10-16)25(31)24-22(12-14-33-24)27-26(32)34-15-21-19-7-3-1-5-17(19)18-6-2-4-8-20(18)21/h1-8,16,21-22,24H,9-15H2,(H,27,32)(H,29,30). The van der Waals surface area contributed by atoms with Gasteiger partial charge in [0, 0.05) is 25.1 Å². The maximum atomic E-state index is 13.1. The van der Waals surface area contributed by atoms with Crippen molar-refractivity contribution in [3.8, 4) is 11.1 Å². The van der Waals surface area contributed by atoms with Crippen molar-refractivity contribution < 1.29 is 29.0 Å². The summed E-state index contributed by atoms with van der Waals surface area (Å²) in [6.45, 7) is 0.692. The van der Waals surface area contributed by atoms with Crippen molar-refractivity contribution in [2.24, 2.45) is 0 Å². The number of alkyl carbamates (subject to hydrolysis) is 1. The van der Waals surface area contributed by atoms with Crippen LogP contribution in [-0.2, 0) is 19.1 Å². The Hall–Kier alpha value is -3.39. The number of nitrogens with zero attached hydrogens (tertiary/aromatic N) is 1. The molecule has 8 heteroatoms. The number of hydrogen-bond acceptors (Lipinski definition) is 5. The van der Waals surface area contributed by atoms with Crippen LogP contribution in [-0.4, -0.2) is 65.9 Å². The molecule has 1 heterocycles. The van der Waals surface area contributed by atoms with Crippen LogP contribution in [0.3, 0.4) is 0 Å². The average Bonchev–Trinajstić information content (AvgIpc) is 3.48. The van der Waals surface area contributed by atoms with Gasteiger partial charge in [-0.3, -0.25) is 9.59 Å². The lowest BCUT2D eigenvalue weighted by molar-refractivity contribution is -0.144. The molecule has 0 radical (unpaired) electrons. The predicted octanol–water partition coefficient (Wildman–Crippen LogP) is 3.15. The molecule has 0 aromatic heterocycles. The first-order valence-electron chi connectivity index (χ1n) is 11.8. The highest BCUT2D eigenvalue weighted by Gasteiger charge is 2.42. The molecule has 2 aliphatic carbocycles. The van der Waals surface area contributed by atoms with Crippen LogP contribution >= 0.6 is 0 Å². The number of ether oxygens (including phenoxy) is 2. The third-order valence-electron chi connectivity index (χ3n) is 6.82. The zero-order valence-electron chi connectivity index (χ0n) is 18.8. The highest BCUT2D eigenvalue weighted by Crippen LogP contribution is 2.44. The van der Waals surface area contributed by atoms with Crippen LogP contribution in [0.1, 0.15) is 42.7 Å². The second-order valence-corrected chi connectivity index (χ2v) is 9.06. The minimum Gasteiger partial charge on any atom is -0.481 e. The number of rotatable bonds is 8. The number of aliphatic carboxylic acids is 1. The lowest BCUT2D eigenvalue weighted by Crippen LogP contribution is -2.50. The Kier molecular flexibility index (Phi) is 6.24. The number of fused-ring (bicyclic) bond motifs is 3. The molecule has 5 rings (SSSR count). The first-order chi connectivity index (χ1) is 16.5. The van der Waals surface area contributed by atoms with E-state index < -0.39 is 24.2 Å². The molecule has 0 bridgehead atoms. The number of hydrogen-bond donors (Lipinski definition) is 2. The summed E-state index contributed by atoms with van der Waals surface area (Å²) >= 11 is 0. The Morgan fingerprint density at radius 2 is 1.65 bits per heavy atom. The Morgan fingerprint density at radius 3 is 2.26 bits per heavy atom. The van der Waals surface area contributed by atoms with Crippen LogP contribution in [0.4, 0.5) is 4.79 Å². The molecule has 34 heavy (non-hydrogen) atoms. The normalized spacial score (nSPS) is 20.9. The zero-order chi connectivity index (χ0) is 23.7. The Balaban J connectivity index is 1.21. The number of carbonyl (C=O) groups is 3. The highest BCUT2D eigenvalue weighted by molar-refractivity contribution is 5.84. The van der Waals surface area contributed by atoms with E-state index in [-0.39, 0.29) is 37.4 Å². The molecule has 2 atom stereocenters. The largest absolute Gasteiger partial charge is 0.481 e. The van der Waals surface area contributed by atoms with E-state index in [1.165, 1.54) is 0 Å². The summed E-state index contributed by atoms with van der Waals surface area (Å²) in [5.74, 6) is -1.25. The van der Waals surface area contributed by atoms with Gasteiger partial charge in [-0.05, 0) is 41.5 Å².